The fourth-order valence-corrected chi connectivity index (χ4v) is 12.3. The standard InChI is InChI=1S/C62H59BN2/c1-59(2)31-32-60(3,4)50-37-46(28-29-49(50)59)65-54-30-25-43(41-19-13-10-14-20-41)35-48(54)57-47-22-16-15-21-44(47)36-56-58(57)63(65)53-38-51-52(62(7,8)34-33-61(51,5)6)39-55(53)64(56)45-26-23-42(24-27-45)40-17-11-9-12-18-40/h9-30,35-39H,31-34H2,1-8H3. The van der Waals surface area contributed by atoms with Gasteiger partial charge in [0.25, 0.3) is 0 Å². The van der Waals surface area contributed by atoms with Crippen molar-refractivity contribution in [2.45, 2.75) is 103 Å². The summed E-state index contributed by atoms with van der Waals surface area (Å²) in [6.45, 7) is 19.7. The van der Waals surface area contributed by atoms with Crippen LogP contribution in [0.2, 0.25) is 0 Å². The van der Waals surface area contributed by atoms with Crippen LogP contribution in [0.4, 0.5) is 28.4 Å². The molecule has 2 aliphatic heterocycles. The monoisotopic (exact) mass is 842 g/mol. The third kappa shape index (κ3) is 6.14. The third-order valence-corrected chi connectivity index (χ3v) is 16.4. The molecule has 65 heavy (non-hydrogen) atoms. The Kier molecular flexibility index (Phi) is 8.72. The highest BCUT2D eigenvalue weighted by Gasteiger charge is 2.49. The lowest BCUT2D eigenvalue weighted by atomic mass is 9.42. The Labute approximate surface area is 387 Å². The second-order valence-corrected chi connectivity index (χ2v) is 22.2. The fourth-order valence-electron chi connectivity index (χ4n) is 12.3. The van der Waals surface area contributed by atoms with Gasteiger partial charge in [-0.2, -0.15) is 0 Å². The first-order valence-corrected chi connectivity index (χ1v) is 24.0. The van der Waals surface area contributed by atoms with Gasteiger partial charge in [-0.15, -0.1) is 0 Å². The Bertz CT molecular complexity index is 3210. The molecule has 0 fully saturated rings. The summed E-state index contributed by atoms with van der Waals surface area (Å²) in [5.41, 5.74) is 22.8. The van der Waals surface area contributed by atoms with Gasteiger partial charge in [-0.25, -0.2) is 0 Å². The van der Waals surface area contributed by atoms with E-state index in [0.717, 1.165) is 12.8 Å². The van der Waals surface area contributed by atoms with Crippen molar-refractivity contribution in [2.75, 3.05) is 9.71 Å². The molecule has 4 aliphatic rings. The van der Waals surface area contributed by atoms with Gasteiger partial charge in [0.1, 0.15) is 0 Å². The molecule has 8 aromatic rings. The minimum absolute atomic E-state index is 0.0396. The minimum atomic E-state index is -0.0709. The number of anilines is 5. The Balaban J connectivity index is 1.21. The molecule has 0 N–H and O–H groups in total. The Morgan fingerprint density at radius 1 is 0.400 bits per heavy atom. The van der Waals surface area contributed by atoms with Gasteiger partial charge in [0.05, 0.1) is 0 Å². The van der Waals surface area contributed by atoms with Gasteiger partial charge in [0.2, 0.25) is 0 Å². The molecule has 2 aliphatic carbocycles. The van der Waals surface area contributed by atoms with Crippen LogP contribution in [-0.4, -0.2) is 6.85 Å². The normalized spacial score (nSPS) is 18.0. The average molecular weight is 843 g/mol. The van der Waals surface area contributed by atoms with Crippen molar-refractivity contribution in [3.8, 4) is 33.4 Å². The van der Waals surface area contributed by atoms with E-state index in [9.17, 15) is 0 Å². The molecular weight excluding hydrogens is 784 g/mol. The fraction of sp³-hybridized carbons (Fsp3) is 0.258. The van der Waals surface area contributed by atoms with Crippen molar-refractivity contribution in [1.82, 2.24) is 0 Å². The maximum atomic E-state index is 2.75. The molecule has 3 heteroatoms. The lowest BCUT2D eigenvalue weighted by molar-refractivity contribution is 0.332. The van der Waals surface area contributed by atoms with Gasteiger partial charge >= 0.3 is 6.85 Å². The van der Waals surface area contributed by atoms with Gasteiger partial charge < -0.3 is 9.71 Å². The molecule has 0 saturated heterocycles. The first-order valence-electron chi connectivity index (χ1n) is 24.0. The highest BCUT2D eigenvalue weighted by atomic mass is 15.2. The van der Waals surface area contributed by atoms with Gasteiger partial charge in [0, 0.05) is 34.0 Å². The van der Waals surface area contributed by atoms with Gasteiger partial charge in [-0.05, 0) is 168 Å². The van der Waals surface area contributed by atoms with Crippen molar-refractivity contribution < 1.29 is 0 Å². The van der Waals surface area contributed by atoms with Crippen LogP contribution in [0, 0.1) is 0 Å². The van der Waals surface area contributed by atoms with Crippen LogP contribution in [0.25, 0.3) is 44.2 Å². The number of fused-ring (bicyclic) bond motifs is 8. The van der Waals surface area contributed by atoms with E-state index in [1.165, 1.54) is 119 Å². The lowest BCUT2D eigenvalue weighted by Crippen LogP contribution is -2.62. The van der Waals surface area contributed by atoms with E-state index in [0.29, 0.717) is 0 Å². The maximum absolute atomic E-state index is 2.75. The number of nitrogens with zero attached hydrogens (tertiary/aromatic N) is 2. The van der Waals surface area contributed by atoms with E-state index in [1.54, 1.807) is 0 Å². The van der Waals surface area contributed by atoms with Crippen LogP contribution in [-0.2, 0) is 21.7 Å². The van der Waals surface area contributed by atoms with Gasteiger partial charge in [0.15, 0.2) is 0 Å². The number of benzene rings is 8. The summed E-state index contributed by atoms with van der Waals surface area (Å²) < 4.78 is 0. The van der Waals surface area contributed by atoms with Crippen LogP contribution in [0.5, 0.6) is 0 Å². The Hall–Kier alpha value is -6.32. The van der Waals surface area contributed by atoms with Crippen LogP contribution in [0.15, 0.2) is 164 Å². The molecule has 0 saturated carbocycles. The average Bonchev–Trinajstić information content (AvgIpc) is 3.32. The molecule has 0 bridgehead atoms. The quantitative estimate of drug-likeness (QED) is 0.163. The summed E-state index contributed by atoms with van der Waals surface area (Å²) in [6.07, 6.45) is 4.70. The molecule has 0 spiro atoms. The molecule has 320 valence electrons. The van der Waals surface area contributed by atoms with E-state index >= 15 is 0 Å². The molecule has 0 atom stereocenters. The highest BCUT2D eigenvalue weighted by Crippen LogP contribution is 2.54. The molecule has 8 aromatic carbocycles. The lowest BCUT2D eigenvalue weighted by Gasteiger charge is -2.49. The number of rotatable bonds is 4. The summed E-state index contributed by atoms with van der Waals surface area (Å²) in [7, 11) is 0. The van der Waals surface area contributed by atoms with E-state index in [4.69, 9.17) is 0 Å². The zero-order chi connectivity index (χ0) is 44.6. The predicted octanol–water partition coefficient (Wildman–Crippen LogP) is 15.6. The van der Waals surface area contributed by atoms with E-state index < -0.39 is 0 Å². The van der Waals surface area contributed by atoms with Crippen molar-refractivity contribution >= 4 is 57.0 Å². The third-order valence-electron chi connectivity index (χ3n) is 16.4. The molecule has 0 unspecified atom stereocenters. The summed E-state index contributed by atoms with van der Waals surface area (Å²) in [5, 5.41) is 2.56. The van der Waals surface area contributed by atoms with Crippen molar-refractivity contribution in [1.29, 1.82) is 0 Å². The zero-order valence-electron chi connectivity index (χ0n) is 39.4. The summed E-state index contributed by atoms with van der Waals surface area (Å²) in [5.74, 6) is 0. The van der Waals surface area contributed by atoms with Gasteiger partial charge in [-0.1, -0.05) is 171 Å². The summed E-state index contributed by atoms with van der Waals surface area (Å²) >= 11 is 0. The highest BCUT2D eigenvalue weighted by molar-refractivity contribution is 6.94. The van der Waals surface area contributed by atoms with Crippen molar-refractivity contribution in [3.63, 3.8) is 0 Å². The largest absolute Gasteiger partial charge is 0.376 e. The zero-order valence-corrected chi connectivity index (χ0v) is 39.4. The topological polar surface area (TPSA) is 6.48 Å². The first kappa shape index (κ1) is 40.2. The number of hydrogen-bond acceptors (Lipinski definition) is 2. The van der Waals surface area contributed by atoms with E-state index in [1.807, 2.05) is 0 Å². The van der Waals surface area contributed by atoms with E-state index in [2.05, 4.69) is 229 Å². The van der Waals surface area contributed by atoms with Crippen LogP contribution in [0.1, 0.15) is 103 Å². The van der Waals surface area contributed by atoms with Gasteiger partial charge in [-0.3, -0.25) is 0 Å². The summed E-state index contributed by atoms with van der Waals surface area (Å²) in [6, 6.07) is 62.9. The second kappa shape index (κ2) is 14.1. The molecule has 2 heterocycles. The number of hydrogen-bond donors (Lipinski definition) is 0. The Morgan fingerprint density at radius 2 is 0.923 bits per heavy atom. The molecular formula is C62H59BN2. The van der Waals surface area contributed by atoms with Crippen molar-refractivity contribution in [2.24, 2.45) is 0 Å². The summed E-state index contributed by atoms with van der Waals surface area (Å²) in [4.78, 5) is 5.39. The molecule has 12 rings (SSSR count). The van der Waals surface area contributed by atoms with E-state index in [-0.39, 0.29) is 28.5 Å². The van der Waals surface area contributed by atoms with Crippen LogP contribution in [0.3, 0.4) is 0 Å². The molecule has 0 amide bonds. The molecule has 2 nitrogen and oxygen atoms in total. The smallest absolute Gasteiger partial charge is 0.333 e. The van der Waals surface area contributed by atoms with Crippen LogP contribution < -0.4 is 20.6 Å². The maximum Gasteiger partial charge on any atom is 0.333 e. The van der Waals surface area contributed by atoms with Crippen LogP contribution >= 0.6 is 0 Å². The SMILES string of the molecule is CC1(C)CCC(C)(C)c2cc(N3B4c5cc6c(cc5N(c5ccc(-c7ccccc7)cc5)c5cc7ccccc7c(c54)-c4cc(-c5ccccc5)ccc43)C(C)(C)CCC6(C)C)ccc21. The molecule has 0 radical (unpaired) electrons. The minimum Gasteiger partial charge on any atom is -0.376 e. The first-order chi connectivity index (χ1) is 31.2. The Morgan fingerprint density at radius 3 is 1.58 bits per heavy atom. The molecule has 0 aromatic heterocycles. The van der Waals surface area contributed by atoms with Crippen molar-refractivity contribution in [3.05, 3.63) is 186 Å². The predicted molar refractivity (Wildman–Crippen MR) is 279 cm³/mol. The second-order valence-electron chi connectivity index (χ2n) is 22.2.